The SMILES string of the molecule is COCC(C)(C)Nc1nc(Cl)ncc1[N+](=O)[O-]. The van der Waals surface area contributed by atoms with Gasteiger partial charge in [-0.05, 0) is 25.4 Å². The third-order valence-corrected chi connectivity index (χ3v) is 2.08. The molecule has 0 saturated heterocycles. The van der Waals surface area contributed by atoms with Crippen molar-refractivity contribution in [1.29, 1.82) is 0 Å². The van der Waals surface area contributed by atoms with Gasteiger partial charge in [-0.3, -0.25) is 10.1 Å². The van der Waals surface area contributed by atoms with E-state index in [1.807, 2.05) is 13.8 Å². The number of hydrogen-bond donors (Lipinski definition) is 1. The van der Waals surface area contributed by atoms with E-state index < -0.39 is 10.5 Å². The Balaban J connectivity index is 3.04. The molecule has 1 N–H and O–H groups in total. The van der Waals surface area contributed by atoms with Crippen molar-refractivity contribution in [3.63, 3.8) is 0 Å². The van der Waals surface area contributed by atoms with Crippen molar-refractivity contribution in [3.8, 4) is 0 Å². The van der Waals surface area contributed by atoms with E-state index in [9.17, 15) is 10.1 Å². The van der Waals surface area contributed by atoms with Crippen molar-refractivity contribution >= 4 is 23.1 Å². The van der Waals surface area contributed by atoms with Gasteiger partial charge in [0.05, 0.1) is 17.1 Å². The van der Waals surface area contributed by atoms with Gasteiger partial charge in [0.2, 0.25) is 11.1 Å². The minimum Gasteiger partial charge on any atom is -0.382 e. The third-order valence-electron chi connectivity index (χ3n) is 1.90. The predicted octanol–water partition coefficient (Wildman–Crippen LogP) is 1.88. The highest BCUT2D eigenvalue weighted by atomic mass is 35.5. The number of nitrogens with zero attached hydrogens (tertiary/aromatic N) is 3. The molecule has 0 unspecified atom stereocenters. The van der Waals surface area contributed by atoms with Crippen LogP contribution < -0.4 is 5.32 Å². The van der Waals surface area contributed by atoms with Crippen LogP contribution in [0.4, 0.5) is 11.5 Å². The number of halogens is 1. The van der Waals surface area contributed by atoms with Crippen LogP contribution in [0.1, 0.15) is 13.8 Å². The maximum absolute atomic E-state index is 10.8. The Morgan fingerprint density at radius 2 is 2.29 bits per heavy atom. The van der Waals surface area contributed by atoms with Crippen molar-refractivity contribution in [3.05, 3.63) is 21.6 Å². The molecule has 0 aliphatic heterocycles. The summed E-state index contributed by atoms with van der Waals surface area (Å²) in [5.41, 5.74) is -0.726. The first kappa shape index (κ1) is 13.6. The molecular formula is C9H13ClN4O3. The second-order valence-electron chi connectivity index (χ2n) is 4.07. The van der Waals surface area contributed by atoms with Crippen molar-refractivity contribution in [2.24, 2.45) is 0 Å². The van der Waals surface area contributed by atoms with E-state index in [1.165, 1.54) is 0 Å². The molecule has 1 heterocycles. The second kappa shape index (κ2) is 5.24. The molecule has 1 rings (SSSR count). The summed E-state index contributed by atoms with van der Waals surface area (Å²) in [6, 6.07) is 0. The van der Waals surface area contributed by atoms with Gasteiger partial charge in [-0.2, -0.15) is 4.98 Å². The predicted molar refractivity (Wildman–Crippen MR) is 63.3 cm³/mol. The standard InChI is InChI=1S/C9H13ClN4O3/c1-9(2,5-17-3)13-7-6(14(15)16)4-11-8(10)12-7/h4H,5H2,1-3H3,(H,11,12,13). The van der Waals surface area contributed by atoms with Crippen LogP contribution >= 0.6 is 11.6 Å². The van der Waals surface area contributed by atoms with E-state index in [1.54, 1.807) is 7.11 Å². The lowest BCUT2D eigenvalue weighted by Crippen LogP contribution is -2.36. The van der Waals surface area contributed by atoms with Crippen LogP contribution in [-0.2, 0) is 4.74 Å². The van der Waals surface area contributed by atoms with Crippen LogP contribution in [-0.4, -0.2) is 34.1 Å². The summed E-state index contributed by atoms with van der Waals surface area (Å²) in [4.78, 5) is 17.6. The Kier molecular flexibility index (Phi) is 4.19. The largest absolute Gasteiger partial charge is 0.382 e. The first-order valence-electron chi connectivity index (χ1n) is 4.80. The molecular weight excluding hydrogens is 248 g/mol. The van der Waals surface area contributed by atoms with Gasteiger partial charge in [0.1, 0.15) is 6.20 Å². The highest BCUT2D eigenvalue weighted by Crippen LogP contribution is 2.25. The number of anilines is 1. The third kappa shape index (κ3) is 3.79. The van der Waals surface area contributed by atoms with Gasteiger partial charge in [-0.1, -0.05) is 0 Å². The van der Waals surface area contributed by atoms with Gasteiger partial charge in [0, 0.05) is 7.11 Å². The summed E-state index contributed by atoms with van der Waals surface area (Å²) in [6.45, 7) is 4.03. The Morgan fingerprint density at radius 3 is 2.82 bits per heavy atom. The van der Waals surface area contributed by atoms with E-state index in [0.29, 0.717) is 6.61 Å². The molecule has 0 fully saturated rings. The van der Waals surface area contributed by atoms with Crippen molar-refractivity contribution in [2.45, 2.75) is 19.4 Å². The number of nitrogens with one attached hydrogen (secondary N) is 1. The minimum atomic E-state index is -0.568. The van der Waals surface area contributed by atoms with Crippen molar-refractivity contribution in [2.75, 3.05) is 19.0 Å². The molecule has 0 aromatic carbocycles. The summed E-state index contributed by atoms with van der Waals surface area (Å²) in [5, 5.41) is 13.6. The van der Waals surface area contributed by atoms with Crippen molar-refractivity contribution in [1.82, 2.24) is 9.97 Å². The molecule has 1 aromatic heterocycles. The van der Waals surface area contributed by atoms with Crippen LogP contribution in [0.3, 0.4) is 0 Å². The smallest absolute Gasteiger partial charge is 0.329 e. The summed E-state index contributed by atoms with van der Waals surface area (Å²) in [6.07, 6.45) is 1.07. The number of aromatic nitrogens is 2. The number of hydrogen-bond acceptors (Lipinski definition) is 6. The quantitative estimate of drug-likeness (QED) is 0.494. The van der Waals surface area contributed by atoms with Crippen LogP contribution in [0.25, 0.3) is 0 Å². The monoisotopic (exact) mass is 260 g/mol. The summed E-state index contributed by atoms with van der Waals surface area (Å²) in [7, 11) is 1.55. The van der Waals surface area contributed by atoms with E-state index >= 15 is 0 Å². The maximum Gasteiger partial charge on any atom is 0.329 e. The first-order valence-corrected chi connectivity index (χ1v) is 5.17. The zero-order valence-electron chi connectivity index (χ0n) is 9.73. The summed E-state index contributed by atoms with van der Waals surface area (Å²) >= 11 is 5.61. The molecule has 94 valence electrons. The van der Waals surface area contributed by atoms with Crippen LogP contribution in [0.2, 0.25) is 5.28 Å². The van der Waals surface area contributed by atoms with Crippen LogP contribution in [0.15, 0.2) is 6.20 Å². The first-order chi connectivity index (χ1) is 7.85. The van der Waals surface area contributed by atoms with Gasteiger partial charge < -0.3 is 10.1 Å². The van der Waals surface area contributed by atoms with Gasteiger partial charge in [0.25, 0.3) is 0 Å². The van der Waals surface area contributed by atoms with Crippen LogP contribution in [0, 0.1) is 10.1 Å². The van der Waals surface area contributed by atoms with E-state index in [0.717, 1.165) is 6.20 Å². The Bertz CT molecular complexity index is 425. The molecule has 0 aliphatic carbocycles. The molecule has 8 heteroatoms. The fourth-order valence-electron chi connectivity index (χ4n) is 1.30. The Morgan fingerprint density at radius 1 is 1.65 bits per heavy atom. The van der Waals surface area contributed by atoms with Crippen LogP contribution in [0.5, 0.6) is 0 Å². The highest BCUT2D eigenvalue weighted by Gasteiger charge is 2.24. The molecule has 0 saturated carbocycles. The minimum absolute atomic E-state index is 0.0497. The Labute approximate surface area is 103 Å². The summed E-state index contributed by atoms with van der Waals surface area (Å²) in [5.74, 6) is 0.0806. The fraction of sp³-hybridized carbons (Fsp3) is 0.556. The molecule has 0 amide bonds. The van der Waals surface area contributed by atoms with Gasteiger partial charge in [-0.25, -0.2) is 4.98 Å². The average Bonchev–Trinajstić information content (AvgIpc) is 2.15. The number of ether oxygens (including phenoxy) is 1. The second-order valence-corrected chi connectivity index (χ2v) is 4.41. The van der Waals surface area contributed by atoms with Gasteiger partial charge in [0.15, 0.2) is 0 Å². The number of nitro groups is 1. The molecule has 17 heavy (non-hydrogen) atoms. The normalized spacial score (nSPS) is 11.3. The van der Waals surface area contributed by atoms with Crippen molar-refractivity contribution < 1.29 is 9.66 Å². The van der Waals surface area contributed by atoms with Gasteiger partial charge >= 0.3 is 5.69 Å². The maximum atomic E-state index is 10.8. The van der Waals surface area contributed by atoms with Gasteiger partial charge in [-0.15, -0.1) is 0 Å². The zero-order chi connectivity index (χ0) is 13.1. The highest BCUT2D eigenvalue weighted by molar-refractivity contribution is 6.28. The number of rotatable bonds is 5. The molecule has 0 spiro atoms. The zero-order valence-corrected chi connectivity index (χ0v) is 10.5. The lowest BCUT2D eigenvalue weighted by Gasteiger charge is -2.25. The lowest BCUT2D eigenvalue weighted by molar-refractivity contribution is -0.384. The van der Waals surface area contributed by atoms with E-state index in [-0.39, 0.29) is 16.8 Å². The average molecular weight is 261 g/mol. The molecule has 1 aromatic rings. The molecule has 0 atom stereocenters. The Hall–Kier alpha value is -1.47. The fourth-order valence-corrected chi connectivity index (χ4v) is 1.43. The topological polar surface area (TPSA) is 90.2 Å². The summed E-state index contributed by atoms with van der Waals surface area (Å²) < 4.78 is 5.00. The molecule has 7 nitrogen and oxygen atoms in total. The molecule has 0 aliphatic rings. The molecule has 0 bridgehead atoms. The van der Waals surface area contributed by atoms with E-state index in [4.69, 9.17) is 16.3 Å². The lowest BCUT2D eigenvalue weighted by atomic mass is 10.1. The molecule has 0 radical (unpaired) electrons. The van der Waals surface area contributed by atoms with E-state index in [2.05, 4.69) is 15.3 Å². The number of methoxy groups -OCH3 is 1.